The van der Waals surface area contributed by atoms with Gasteiger partial charge >= 0.3 is 0 Å². The SMILES string of the molecule is COc1ccc(C(=O)NNC(=O)C[C@H]2CCS(=O)(=O)C2)c(OC)c1. The van der Waals surface area contributed by atoms with E-state index in [4.69, 9.17) is 9.47 Å². The molecule has 1 atom stereocenters. The molecule has 0 unspecified atom stereocenters. The standard InChI is InChI=1S/C15H20N2O6S/c1-22-11-3-4-12(13(8-11)23-2)15(19)17-16-14(18)7-10-5-6-24(20,21)9-10/h3-4,8,10H,5-7,9H2,1-2H3,(H,16,18)(H,17,19)/t10-/m1/s1. The van der Waals surface area contributed by atoms with Gasteiger partial charge in [-0.15, -0.1) is 0 Å². The van der Waals surface area contributed by atoms with Crippen LogP contribution in [0.15, 0.2) is 18.2 Å². The van der Waals surface area contributed by atoms with Gasteiger partial charge in [0.25, 0.3) is 5.91 Å². The summed E-state index contributed by atoms with van der Waals surface area (Å²) in [6.07, 6.45) is 0.523. The molecule has 2 rings (SSSR count). The summed E-state index contributed by atoms with van der Waals surface area (Å²) in [4.78, 5) is 24.0. The summed E-state index contributed by atoms with van der Waals surface area (Å²) in [5.41, 5.74) is 4.83. The Morgan fingerprint density at radius 1 is 1.21 bits per heavy atom. The molecule has 1 aliphatic heterocycles. The van der Waals surface area contributed by atoms with Crippen molar-refractivity contribution in [2.75, 3.05) is 25.7 Å². The highest BCUT2D eigenvalue weighted by molar-refractivity contribution is 7.91. The van der Waals surface area contributed by atoms with Crippen molar-refractivity contribution in [3.63, 3.8) is 0 Å². The lowest BCUT2D eigenvalue weighted by atomic mass is 10.1. The Labute approximate surface area is 140 Å². The van der Waals surface area contributed by atoms with Crippen LogP contribution in [-0.2, 0) is 14.6 Å². The summed E-state index contributed by atoms with van der Waals surface area (Å²) in [5.74, 6) is -0.207. The van der Waals surface area contributed by atoms with E-state index in [1.807, 2.05) is 0 Å². The fraction of sp³-hybridized carbons (Fsp3) is 0.467. The van der Waals surface area contributed by atoms with E-state index in [9.17, 15) is 18.0 Å². The lowest BCUT2D eigenvalue weighted by Crippen LogP contribution is -2.42. The Balaban J connectivity index is 1.90. The number of carbonyl (C=O) groups excluding carboxylic acids is 2. The molecule has 0 spiro atoms. The molecule has 9 heteroatoms. The van der Waals surface area contributed by atoms with Gasteiger partial charge in [-0.1, -0.05) is 0 Å². The van der Waals surface area contributed by atoms with Crippen LogP contribution in [0.25, 0.3) is 0 Å². The number of hydrogen-bond donors (Lipinski definition) is 2. The van der Waals surface area contributed by atoms with Gasteiger partial charge in [0.2, 0.25) is 5.91 Å². The van der Waals surface area contributed by atoms with Gasteiger partial charge < -0.3 is 9.47 Å². The number of hydrazine groups is 1. The van der Waals surface area contributed by atoms with Crippen molar-refractivity contribution in [1.82, 2.24) is 10.9 Å². The van der Waals surface area contributed by atoms with Crippen LogP contribution in [0.5, 0.6) is 11.5 Å². The summed E-state index contributed by atoms with van der Waals surface area (Å²) in [6, 6.07) is 4.67. The largest absolute Gasteiger partial charge is 0.497 e. The van der Waals surface area contributed by atoms with Crippen molar-refractivity contribution >= 4 is 21.7 Å². The van der Waals surface area contributed by atoms with Crippen LogP contribution < -0.4 is 20.3 Å². The molecule has 1 aromatic rings. The molecular weight excluding hydrogens is 336 g/mol. The van der Waals surface area contributed by atoms with E-state index in [1.165, 1.54) is 20.3 Å². The van der Waals surface area contributed by atoms with Gasteiger partial charge in [0, 0.05) is 12.5 Å². The molecule has 0 bridgehead atoms. The first kappa shape index (κ1) is 18.1. The maximum Gasteiger partial charge on any atom is 0.273 e. The minimum absolute atomic E-state index is 0.0146. The molecule has 0 saturated carbocycles. The molecule has 1 heterocycles. The Hall–Kier alpha value is -2.29. The summed E-state index contributed by atoms with van der Waals surface area (Å²) >= 11 is 0. The van der Waals surface area contributed by atoms with Gasteiger partial charge in [0.15, 0.2) is 9.84 Å². The first-order chi connectivity index (χ1) is 11.3. The van der Waals surface area contributed by atoms with Crippen LogP contribution in [0.4, 0.5) is 0 Å². The quantitative estimate of drug-likeness (QED) is 0.734. The van der Waals surface area contributed by atoms with E-state index in [2.05, 4.69) is 10.9 Å². The molecule has 1 aromatic carbocycles. The zero-order valence-corrected chi connectivity index (χ0v) is 14.3. The average molecular weight is 356 g/mol. The van der Waals surface area contributed by atoms with Gasteiger partial charge in [-0.05, 0) is 24.5 Å². The summed E-state index contributed by atoms with van der Waals surface area (Å²) in [5, 5.41) is 0. The molecule has 2 amide bonds. The second-order valence-electron chi connectivity index (χ2n) is 5.54. The van der Waals surface area contributed by atoms with E-state index in [0.29, 0.717) is 17.9 Å². The number of ether oxygens (including phenoxy) is 2. The maximum absolute atomic E-state index is 12.1. The molecule has 1 saturated heterocycles. The molecule has 1 aliphatic rings. The first-order valence-electron chi connectivity index (χ1n) is 7.36. The Morgan fingerprint density at radius 3 is 2.54 bits per heavy atom. The Morgan fingerprint density at radius 2 is 1.96 bits per heavy atom. The van der Waals surface area contributed by atoms with Crippen LogP contribution in [-0.4, -0.2) is 46.0 Å². The van der Waals surface area contributed by atoms with Gasteiger partial charge in [0.05, 0.1) is 31.3 Å². The fourth-order valence-electron chi connectivity index (χ4n) is 2.53. The summed E-state index contributed by atoms with van der Waals surface area (Å²) in [7, 11) is -0.107. The topological polar surface area (TPSA) is 111 Å². The van der Waals surface area contributed by atoms with Crippen molar-refractivity contribution < 1.29 is 27.5 Å². The molecule has 24 heavy (non-hydrogen) atoms. The molecule has 0 radical (unpaired) electrons. The monoisotopic (exact) mass is 356 g/mol. The lowest BCUT2D eigenvalue weighted by molar-refractivity contribution is -0.122. The maximum atomic E-state index is 12.1. The van der Waals surface area contributed by atoms with E-state index in [-0.39, 0.29) is 29.4 Å². The minimum Gasteiger partial charge on any atom is -0.497 e. The van der Waals surface area contributed by atoms with Crippen LogP contribution in [0, 0.1) is 5.92 Å². The highest BCUT2D eigenvalue weighted by atomic mass is 32.2. The zero-order valence-electron chi connectivity index (χ0n) is 13.5. The van der Waals surface area contributed by atoms with Crippen LogP contribution >= 0.6 is 0 Å². The van der Waals surface area contributed by atoms with E-state index < -0.39 is 21.7 Å². The van der Waals surface area contributed by atoms with E-state index in [0.717, 1.165) is 0 Å². The highest BCUT2D eigenvalue weighted by Crippen LogP contribution is 2.24. The van der Waals surface area contributed by atoms with E-state index in [1.54, 1.807) is 12.1 Å². The molecule has 0 aromatic heterocycles. The van der Waals surface area contributed by atoms with Gasteiger partial charge in [-0.2, -0.15) is 0 Å². The number of nitrogens with one attached hydrogen (secondary N) is 2. The Kier molecular flexibility index (Phi) is 5.66. The van der Waals surface area contributed by atoms with Crippen LogP contribution in [0.2, 0.25) is 0 Å². The van der Waals surface area contributed by atoms with Crippen LogP contribution in [0.1, 0.15) is 23.2 Å². The Bertz CT molecular complexity index is 731. The van der Waals surface area contributed by atoms with Crippen LogP contribution in [0.3, 0.4) is 0 Å². The van der Waals surface area contributed by atoms with Crippen molar-refractivity contribution in [1.29, 1.82) is 0 Å². The minimum atomic E-state index is -3.03. The molecule has 1 fully saturated rings. The molecule has 0 aliphatic carbocycles. The number of benzene rings is 1. The third-order valence-corrected chi connectivity index (χ3v) is 5.61. The van der Waals surface area contributed by atoms with Gasteiger partial charge in [-0.3, -0.25) is 20.4 Å². The van der Waals surface area contributed by atoms with Gasteiger partial charge in [-0.25, -0.2) is 8.42 Å². The molecule has 132 valence electrons. The van der Waals surface area contributed by atoms with Crippen molar-refractivity contribution in [3.05, 3.63) is 23.8 Å². The smallest absolute Gasteiger partial charge is 0.273 e. The average Bonchev–Trinajstić information content (AvgIpc) is 2.90. The number of hydrogen-bond acceptors (Lipinski definition) is 6. The number of carbonyl (C=O) groups is 2. The lowest BCUT2D eigenvalue weighted by Gasteiger charge is -2.12. The van der Waals surface area contributed by atoms with Gasteiger partial charge in [0.1, 0.15) is 11.5 Å². The first-order valence-corrected chi connectivity index (χ1v) is 9.18. The summed E-state index contributed by atoms with van der Waals surface area (Å²) < 4.78 is 32.9. The highest BCUT2D eigenvalue weighted by Gasteiger charge is 2.29. The van der Waals surface area contributed by atoms with Crippen molar-refractivity contribution in [3.8, 4) is 11.5 Å². The van der Waals surface area contributed by atoms with Crippen molar-refractivity contribution in [2.24, 2.45) is 5.92 Å². The number of sulfone groups is 1. The number of methoxy groups -OCH3 is 2. The fourth-order valence-corrected chi connectivity index (χ4v) is 4.39. The second kappa shape index (κ2) is 7.52. The number of rotatable bonds is 5. The predicted molar refractivity (Wildman–Crippen MR) is 86.5 cm³/mol. The molecular formula is C15H20N2O6S. The third-order valence-electron chi connectivity index (χ3n) is 3.77. The third kappa shape index (κ3) is 4.60. The normalized spacial score (nSPS) is 18.7. The predicted octanol–water partition coefficient (Wildman–Crippen LogP) is 0.290. The second-order valence-corrected chi connectivity index (χ2v) is 7.77. The van der Waals surface area contributed by atoms with Crippen molar-refractivity contribution in [2.45, 2.75) is 12.8 Å². The molecule has 8 nitrogen and oxygen atoms in total. The summed E-state index contributed by atoms with van der Waals surface area (Å²) in [6.45, 7) is 0. The number of amides is 2. The zero-order chi connectivity index (χ0) is 17.7. The molecule has 2 N–H and O–H groups in total. The van der Waals surface area contributed by atoms with E-state index >= 15 is 0 Å².